The Kier molecular flexibility index (Phi) is 10.4. The zero-order valence-corrected chi connectivity index (χ0v) is 27.0. The molecule has 5 rings (SSSR count). The molecule has 1 amide bonds. The fourth-order valence-electron chi connectivity index (χ4n) is 5.89. The molecule has 43 heavy (non-hydrogen) atoms. The molecule has 0 N–H and O–H groups in total. The number of piperazine rings is 1. The number of carbonyl (C=O) groups is 1. The topological polar surface area (TPSA) is 39.7 Å². The van der Waals surface area contributed by atoms with Crippen LogP contribution in [0.3, 0.4) is 0 Å². The molecule has 0 bridgehead atoms. The molecule has 6 heteroatoms. The van der Waals surface area contributed by atoms with Gasteiger partial charge in [0.05, 0.1) is 6.54 Å². The number of hydrogen-bond acceptors (Lipinski definition) is 5. The Morgan fingerprint density at radius 2 is 1.47 bits per heavy atom. The minimum absolute atomic E-state index is 0.0655. The van der Waals surface area contributed by atoms with E-state index in [1.54, 1.807) is 11.3 Å². The lowest BCUT2D eigenvalue weighted by atomic mass is 9.86. The summed E-state index contributed by atoms with van der Waals surface area (Å²) >= 11 is 1.61. The van der Waals surface area contributed by atoms with Crippen LogP contribution in [-0.4, -0.2) is 64.9 Å². The Hall–Kier alpha value is -3.32. The average Bonchev–Trinajstić information content (AvgIpc) is 3.50. The van der Waals surface area contributed by atoms with Gasteiger partial charge in [0.25, 0.3) is 5.91 Å². The third-order valence-electron chi connectivity index (χ3n) is 8.60. The molecule has 0 saturated carbocycles. The second-order valence-corrected chi connectivity index (χ2v) is 13.6. The fourth-order valence-corrected chi connectivity index (χ4v) is 6.70. The molecular formula is C37H46N4OS. The summed E-state index contributed by atoms with van der Waals surface area (Å²) in [5.41, 5.74) is 6.04. The molecule has 1 aliphatic heterocycles. The second kappa shape index (κ2) is 14.4. The van der Waals surface area contributed by atoms with Gasteiger partial charge in [0, 0.05) is 44.0 Å². The van der Waals surface area contributed by atoms with Crippen LogP contribution in [0, 0.1) is 0 Å². The van der Waals surface area contributed by atoms with Crippen LogP contribution in [0.25, 0.3) is 0 Å². The smallest absolute Gasteiger partial charge is 0.273 e. The Balaban J connectivity index is 1.33. The molecule has 0 spiro atoms. The molecule has 4 aromatic rings. The molecule has 1 aromatic heterocycles. The summed E-state index contributed by atoms with van der Waals surface area (Å²) in [5, 5.41) is 2.95. The van der Waals surface area contributed by atoms with Gasteiger partial charge >= 0.3 is 0 Å². The summed E-state index contributed by atoms with van der Waals surface area (Å²) in [6.07, 6.45) is 0.993. The highest BCUT2D eigenvalue weighted by Gasteiger charge is 2.24. The first kappa shape index (κ1) is 31.1. The lowest BCUT2D eigenvalue weighted by Gasteiger charge is -2.33. The van der Waals surface area contributed by atoms with E-state index in [4.69, 9.17) is 4.98 Å². The summed E-state index contributed by atoms with van der Waals surface area (Å²) in [5.74, 6) is 0.374. The number of thiazole rings is 1. The number of hydrogen-bond donors (Lipinski definition) is 0. The molecule has 226 valence electrons. The third-order valence-corrected chi connectivity index (χ3v) is 9.43. The van der Waals surface area contributed by atoms with Crippen LogP contribution in [0.15, 0.2) is 90.3 Å². The minimum Gasteiger partial charge on any atom is -0.335 e. The Bertz CT molecular complexity index is 1380. The average molecular weight is 595 g/mol. The molecule has 0 radical (unpaired) electrons. The standard InChI is InChI=1S/C37H46N4OS/c1-5-39-22-24-41(25-23-39)36(42)34-28-43-35(38-34)27-40(26-29-16-18-32(19-17-29)37(2,3)4)21-20-33(30-12-8-6-9-13-30)31-14-10-7-11-15-31/h6-19,28,33H,5,20-27H2,1-4H3. The summed E-state index contributed by atoms with van der Waals surface area (Å²) in [4.78, 5) is 25.0. The number of nitrogens with zero attached hydrogens (tertiary/aromatic N) is 4. The summed E-state index contributed by atoms with van der Waals surface area (Å²) in [6.45, 7) is 15.9. The first-order valence-electron chi connectivity index (χ1n) is 15.7. The van der Waals surface area contributed by atoms with Crippen molar-refractivity contribution in [3.05, 3.63) is 123 Å². The first-order chi connectivity index (χ1) is 20.8. The lowest BCUT2D eigenvalue weighted by Crippen LogP contribution is -2.48. The van der Waals surface area contributed by atoms with E-state index >= 15 is 0 Å². The van der Waals surface area contributed by atoms with E-state index in [9.17, 15) is 4.79 Å². The van der Waals surface area contributed by atoms with Crippen molar-refractivity contribution in [2.75, 3.05) is 39.3 Å². The predicted molar refractivity (Wildman–Crippen MR) is 179 cm³/mol. The molecule has 2 heterocycles. The van der Waals surface area contributed by atoms with Gasteiger partial charge in [-0.2, -0.15) is 0 Å². The van der Waals surface area contributed by atoms with Gasteiger partial charge in [-0.05, 0) is 47.2 Å². The van der Waals surface area contributed by atoms with E-state index in [0.717, 1.165) is 63.8 Å². The second-order valence-electron chi connectivity index (χ2n) is 12.7. The largest absolute Gasteiger partial charge is 0.335 e. The van der Waals surface area contributed by atoms with Crippen molar-refractivity contribution in [1.29, 1.82) is 0 Å². The van der Waals surface area contributed by atoms with Crippen molar-refractivity contribution in [3.63, 3.8) is 0 Å². The molecule has 1 saturated heterocycles. The van der Waals surface area contributed by atoms with Gasteiger partial charge in [0.15, 0.2) is 0 Å². The molecule has 1 aliphatic rings. The summed E-state index contributed by atoms with van der Waals surface area (Å²) in [7, 11) is 0. The number of aromatic nitrogens is 1. The van der Waals surface area contributed by atoms with Gasteiger partial charge in [0.1, 0.15) is 10.7 Å². The van der Waals surface area contributed by atoms with Gasteiger partial charge in [-0.1, -0.05) is 113 Å². The van der Waals surface area contributed by atoms with Gasteiger partial charge in [0.2, 0.25) is 0 Å². The molecule has 0 atom stereocenters. The zero-order valence-electron chi connectivity index (χ0n) is 26.2. The van der Waals surface area contributed by atoms with E-state index in [2.05, 4.69) is 122 Å². The molecule has 1 fully saturated rings. The number of carbonyl (C=O) groups excluding carboxylic acids is 1. The van der Waals surface area contributed by atoms with Crippen LogP contribution in [0.1, 0.15) is 77.8 Å². The first-order valence-corrected chi connectivity index (χ1v) is 16.6. The van der Waals surface area contributed by atoms with Crippen LogP contribution in [0.5, 0.6) is 0 Å². The maximum atomic E-state index is 13.3. The fraction of sp³-hybridized carbons (Fsp3) is 0.405. The highest BCUT2D eigenvalue weighted by molar-refractivity contribution is 7.09. The van der Waals surface area contributed by atoms with Gasteiger partial charge in [-0.3, -0.25) is 9.69 Å². The molecule has 5 nitrogen and oxygen atoms in total. The Morgan fingerprint density at radius 1 is 0.860 bits per heavy atom. The summed E-state index contributed by atoms with van der Waals surface area (Å²) < 4.78 is 0. The van der Waals surface area contributed by atoms with Crippen molar-refractivity contribution >= 4 is 17.2 Å². The maximum absolute atomic E-state index is 13.3. The Morgan fingerprint density at radius 3 is 2.02 bits per heavy atom. The highest BCUT2D eigenvalue weighted by Crippen LogP contribution is 2.29. The summed E-state index contributed by atoms with van der Waals surface area (Å²) in [6, 6.07) is 30.8. The molecule has 0 aliphatic carbocycles. The number of likely N-dealkylation sites (N-methyl/N-ethyl adjacent to an activating group) is 1. The maximum Gasteiger partial charge on any atom is 0.273 e. The van der Waals surface area contributed by atoms with Crippen LogP contribution in [0.4, 0.5) is 0 Å². The molecule has 3 aromatic carbocycles. The number of benzene rings is 3. The number of rotatable bonds is 11. The number of amides is 1. The van der Waals surface area contributed by atoms with E-state index < -0.39 is 0 Å². The normalized spacial score (nSPS) is 14.5. The van der Waals surface area contributed by atoms with Gasteiger partial charge in [-0.25, -0.2) is 4.98 Å². The molecule has 0 unspecified atom stereocenters. The zero-order chi connectivity index (χ0) is 30.2. The van der Waals surface area contributed by atoms with Crippen LogP contribution in [-0.2, 0) is 18.5 Å². The van der Waals surface area contributed by atoms with Crippen LogP contribution >= 0.6 is 11.3 Å². The van der Waals surface area contributed by atoms with E-state index in [1.165, 1.54) is 22.3 Å². The van der Waals surface area contributed by atoms with Crippen LogP contribution < -0.4 is 0 Å². The van der Waals surface area contributed by atoms with E-state index in [-0.39, 0.29) is 11.3 Å². The predicted octanol–water partition coefficient (Wildman–Crippen LogP) is 7.44. The van der Waals surface area contributed by atoms with Crippen molar-refractivity contribution in [1.82, 2.24) is 19.7 Å². The van der Waals surface area contributed by atoms with Gasteiger partial charge in [-0.15, -0.1) is 11.3 Å². The van der Waals surface area contributed by atoms with Gasteiger partial charge < -0.3 is 9.80 Å². The van der Waals surface area contributed by atoms with Crippen molar-refractivity contribution in [3.8, 4) is 0 Å². The van der Waals surface area contributed by atoms with Crippen molar-refractivity contribution in [2.24, 2.45) is 0 Å². The Labute approximate surface area is 262 Å². The highest BCUT2D eigenvalue weighted by atomic mass is 32.1. The lowest BCUT2D eigenvalue weighted by molar-refractivity contribution is 0.0638. The monoisotopic (exact) mass is 594 g/mol. The minimum atomic E-state index is 0.0655. The third kappa shape index (κ3) is 8.41. The quantitative estimate of drug-likeness (QED) is 0.181. The molecular weight excluding hydrogens is 549 g/mol. The SMILES string of the molecule is CCN1CCN(C(=O)c2csc(CN(CCC(c3ccccc3)c3ccccc3)Cc3ccc(C(C)(C)C)cc3)n2)CC1. The van der Waals surface area contributed by atoms with Crippen molar-refractivity contribution in [2.45, 2.75) is 58.5 Å². The van der Waals surface area contributed by atoms with E-state index in [0.29, 0.717) is 11.6 Å². The van der Waals surface area contributed by atoms with Crippen molar-refractivity contribution < 1.29 is 4.79 Å². The van der Waals surface area contributed by atoms with Crippen LogP contribution in [0.2, 0.25) is 0 Å². The van der Waals surface area contributed by atoms with E-state index in [1.807, 2.05) is 10.3 Å².